The third-order valence-electron chi connectivity index (χ3n) is 2.77. The van der Waals surface area contributed by atoms with Gasteiger partial charge in [-0.25, -0.2) is 0 Å². The second kappa shape index (κ2) is 12.5. The summed E-state index contributed by atoms with van der Waals surface area (Å²) in [6.45, 7) is 1.44. The van der Waals surface area contributed by atoms with Crippen LogP contribution in [0.4, 0.5) is 5.69 Å². The zero-order valence-corrected chi connectivity index (χ0v) is 14.9. The highest BCUT2D eigenvalue weighted by molar-refractivity contribution is 5.92. The molecule has 1 aromatic heterocycles. The maximum atomic E-state index is 11.8. The molecule has 0 spiro atoms. The first-order valence-corrected chi connectivity index (χ1v) is 6.95. The Morgan fingerprint density at radius 2 is 1.88 bits per heavy atom. The van der Waals surface area contributed by atoms with Gasteiger partial charge in [0.05, 0.1) is 13.2 Å². The van der Waals surface area contributed by atoms with Crippen molar-refractivity contribution in [2.75, 3.05) is 32.1 Å². The van der Waals surface area contributed by atoms with Gasteiger partial charge >= 0.3 is 0 Å². The van der Waals surface area contributed by atoms with Crippen molar-refractivity contribution in [1.29, 1.82) is 0 Å². The fourth-order valence-electron chi connectivity index (χ4n) is 1.76. The highest BCUT2D eigenvalue weighted by atomic mass is 35.5. The molecule has 1 heterocycles. The van der Waals surface area contributed by atoms with Crippen LogP contribution < -0.4 is 15.4 Å². The van der Waals surface area contributed by atoms with Gasteiger partial charge in [0, 0.05) is 37.8 Å². The van der Waals surface area contributed by atoms with Gasteiger partial charge in [-0.15, -0.1) is 24.8 Å². The Balaban J connectivity index is 0.00000264. The van der Waals surface area contributed by atoms with Crippen molar-refractivity contribution in [3.05, 3.63) is 48.8 Å². The number of nitrogens with one attached hydrogen (secondary N) is 2. The van der Waals surface area contributed by atoms with Crippen molar-refractivity contribution < 1.29 is 14.3 Å². The van der Waals surface area contributed by atoms with Crippen LogP contribution in [-0.2, 0) is 9.53 Å². The van der Waals surface area contributed by atoms with Gasteiger partial charge in [0.15, 0.2) is 0 Å². The lowest BCUT2D eigenvalue weighted by Crippen LogP contribution is -2.30. The van der Waals surface area contributed by atoms with Crippen LogP contribution in [-0.4, -0.2) is 37.7 Å². The summed E-state index contributed by atoms with van der Waals surface area (Å²) in [5.74, 6) is 1.23. The minimum absolute atomic E-state index is 0. The van der Waals surface area contributed by atoms with Gasteiger partial charge in [0.25, 0.3) is 0 Å². The van der Waals surface area contributed by atoms with E-state index in [4.69, 9.17) is 9.47 Å². The highest BCUT2D eigenvalue weighted by Gasteiger charge is 2.03. The second-order valence-electron chi connectivity index (χ2n) is 4.53. The first kappa shape index (κ1) is 22.1. The maximum absolute atomic E-state index is 11.8. The Hall–Kier alpha value is -1.86. The van der Waals surface area contributed by atoms with Crippen molar-refractivity contribution in [2.45, 2.75) is 0 Å². The molecule has 2 rings (SSSR count). The van der Waals surface area contributed by atoms with E-state index in [-0.39, 0.29) is 37.3 Å². The van der Waals surface area contributed by atoms with Crippen LogP contribution in [0, 0.1) is 0 Å². The lowest BCUT2D eigenvalue weighted by atomic mass is 10.3. The van der Waals surface area contributed by atoms with E-state index in [1.165, 1.54) is 0 Å². The Bertz CT molecular complexity index is 600. The van der Waals surface area contributed by atoms with Gasteiger partial charge in [-0.1, -0.05) is 6.07 Å². The second-order valence-corrected chi connectivity index (χ2v) is 4.53. The molecule has 2 N–H and O–H groups in total. The topological polar surface area (TPSA) is 72.5 Å². The number of ether oxygens (including phenoxy) is 2. The van der Waals surface area contributed by atoms with Crippen LogP contribution in [0.3, 0.4) is 0 Å². The van der Waals surface area contributed by atoms with E-state index in [9.17, 15) is 4.79 Å². The number of amides is 1. The Labute approximate surface area is 153 Å². The number of hydrogen-bond acceptors (Lipinski definition) is 5. The van der Waals surface area contributed by atoms with Gasteiger partial charge in [-0.3, -0.25) is 9.78 Å². The minimum atomic E-state index is -0.114. The van der Waals surface area contributed by atoms with Crippen LogP contribution in [0.15, 0.2) is 48.8 Å². The number of nitrogens with zero attached hydrogens (tertiary/aromatic N) is 1. The smallest absolute Gasteiger partial charge is 0.238 e. The number of benzene rings is 1. The number of hydrogen-bond donors (Lipinski definition) is 2. The van der Waals surface area contributed by atoms with Gasteiger partial charge in [-0.2, -0.15) is 0 Å². The number of aromatic nitrogens is 1. The Morgan fingerprint density at radius 3 is 2.58 bits per heavy atom. The summed E-state index contributed by atoms with van der Waals surface area (Å²) in [7, 11) is 1.62. The summed E-state index contributed by atoms with van der Waals surface area (Å²) in [6, 6.07) is 10.8. The van der Waals surface area contributed by atoms with E-state index in [1.807, 2.05) is 18.2 Å². The molecule has 0 aliphatic rings. The average molecular weight is 374 g/mol. The Kier molecular flexibility index (Phi) is 11.6. The van der Waals surface area contributed by atoms with Crippen molar-refractivity contribution in [3.8, 4) is 11.5 Å². The van der Waals surface area contributed by atoms with Crippen molar-refractivity contribution in [3.63, 3.8) is 0 Å². The summed E-state index contributed by atoms with van der Waals surface area (Å²) in [4.78, 5) is 15.7. The minimum Gasteiger partial charge on any atom is -0.457 e. The van der Waals surface area contributed by atoms with Gasteiger partial charge in [0.1, 0.15) is 11.5 Å². The molecule has 0 saturated heterocycles. The van der Waals surface area contributed by atoms with Crippen LogP contribution in [0.1, 0.15) is 0 Å². The summed E-state index contributed by atoms with van der Waals surface area (Å²) >= 11 is 0. The molecule has 1 aromatic carbocycles. The normalized spacial score (nSPS) is 9.38. The number of anilines is 1. The van der Waals surface area contributed by atoms with Gasteiger partial charge in [0.2, 0.25) is 5.91 Å². The lowest BCUT2D eigenvalue weighted by molar-refractivity contribution is -0.115. The van der Waals surface area contributed by atoms with Crippen LogP contribution in [0.25, 0.3) is 0 Å². The van der Waals surface area contributed by atoms with E-state index >= 15 is 0 Å². The number of halogens is 2. The predicted molar refractivity (Wildman–Crippen MR) is 98.6 cm³/mol. The van der Waals surface area contributed by atoms with Gasteiger partial charge in [-0.05, 0) is 24.3 Å². The molecule has 0 fully saturated rings. The van der Waals surface area contributed by atoms with Crippen LogP contribution in [0.2, 0.25) is 0 Å². The first-order chi connectivity index (χ1) is 10.8. The number of methoxy groups -OCH3 is 1. The standard InChI is InChI=1S/C16H19N3O3.2ClH/c1-21-10-9-18-12-16(20)19-13-3-2-4-15(11-13)22-14-5-7-17-8-6-14;;/h2-8,11,18H,9-10,12H2,1H3,(H,19,20);2*1H. The van der Waals surface area contributed by atoms with E-state index in [1.54, 1.807) is 37.7 Å². The van der Waals surface area contributed by atoms with Crippen molar-refractivity contribution in [1.82, 2.24) is 10.3 Å². The monoisotopic (exact) mass is 373 g/mol. The fraction of sp³-hybridized carbons (Fsp3) is 0.250. The molecule has 0 radical (unpaired) electrons. The highest BCUT2D eigenvalue weighted by Crippen LogP contribution is 2.23. The number of pyridine rings is 1. The summed E-state index contributed by atoms with van der Waals surface area (Å²) in [5, 5.41) is 5.80. The molecule has 0 aliphatic carbocycles. The van der Waals surface area contributed by atoms with E-state index in [2.05, 4.69) is 15.6 Å². The number of carbonyl (C=O) groups excluding carboxylic acids is 1. The van der Waals surface area contributed by atoms with E-state index in [0.29, 0.717) is 30.3 Å². The summed E-state index contributed by atoms with van der Waals surface area (Å²) < 4.78 is 10.6. The zero-order valence-electron chi connectivity index (χ0n) is 13.2. The molecular weight excluding hydrogens is 353 g/mol. The molecule has 1 amide bonds. The molecule has 2 aromatic rings. The molecule has 8 heteroatoms. The predicted octanol–water partition coefficient (Wildman–Crippen LogP) is 2.89. The average Bonchev–Trinajstić information content (AvgIpc) is 2.53. The molecular formula is C16H21Cl2N3O3. The molecule has 6 nitrogen and oxygen atoms in total. The molecule has 0 unspecified atom stereocenters. The van der Waals surface area contributed by atoms with E-state index < -0.39 is 0 Å². The quantitative estimate of drug-likeness (QED) is 0.696. The van der Waals surface area contributed by atoms with Crippen molar-refractivity contribution >= 4 is 36.4 Å². The maximum Gasteiger partial charge on any atom is 0.238 e. The molecule has 0 atom stereocenters. The van der Waals surface area contributed by atoms with E-state index in [0.717, 1.165) is 0 Å². The van der Waals surface area contributed by atoms with Crippen molar-refractivity contribution in [2.24, 2.45) is 0 Å². The first-order valence-electron chi connectivity index (χ1n) is 6.95. The van der Waals surface area contributed by atoms with Crippen LogP contribution >= 0.6 is 24.8 Å². The third kappa shape index (κ3) is 8.12. The third-order valence-corrected chi connectivity index (χ3v) is 2.77. The van der Waals surface area contributed by atoms with Crippen LogP contribution in [0.5, 0.6) is 11.5 Å². The summed E-state index contributed by atoms with van der Waals surface area (Å²) in [5.41, 5.74) is 0.685. The Morgan fingerprint density at radius 1 is 1.12 bits per heavy atom. The molecule has 132 valence electrons. The lowest BCUT2D eigenvalue weighted by Gasteiger charge is -2.09. The SMILES string of the molecule is COCCNCC(=O)Nc1cccc(Oc2ccncc2)c1.Cl.Cl. The largest absolute Gasteiger partial charge is 0.457 e. The molecule has 24 heavy (non-hydrogen) atoms. The van der Waals surface area contributed by atoms with Gasteiger partial charge < -0.3 is 20.1 Å². The molecule has 0 bridgehead atoms. The number of carbonyl (C=O) groups is 1. The zero-order chi connectivity index (χ0) is 15.6. The molecule has 0 saturated carbocycles. The fourth-order valence-corrected chi connectivity index (χ4v) is 1.76. The molecule has 0 aliphatic heterocycles. The summed E-state index contributed by atoms with van der Waals surface area (Å²) in [6.07, 6.45) is 3.32. The number of rotatable bonds is 8.